The normalized spacial score (nSPS) is 15.9. The van der Waals surface area contributed by atoms with Crippen LogP contribution in [-0.4, -0.2) is 26.2 Å². The molecule has 164 valence electrons. The van der Waals surface area contributed by atoms with Crippen molar-refractivity contribution in [2.45, 2.75) is 52.6 Å². The number of allylic oxidation sites excluding steroid dienone is 4. The lowest BCUT2D eigenvalue weighted by Crippen LogP contribution is -2.21. The Morgan fingerprint density at radius 1 is 1.00 bits per heavy atom. The van der Waals surface area contributed by atoms with Crippen LogP contribution in [0.4, 0.5) is 0 Å². The standard InChI is InChI=1S/C25H28O6/c1-14(2)5-4-6-15(3)7-8-19-20(28)12-21(29)24-22(30)13-23(31-25(19)24)16-9-17(26)11-18(27)10-16/h5,7,9-12,23,26-29H,4,6,8,13H2,1-3H3/t23-/m0/s1. The van der Waals surface area contributed by atoms with Gasteiger partial charge in [0.05, 0.1) is 6.42 Å². The molecule has 0 aromatic heterocycles. The number of hydrogen-bond acceptors (Lipinski definition) is 6. The van der Waals surface area contributed by atoms with Gasteiger partial charge in [0.2, 0.25) is 0 Å². The number of aromatic hydroxyl groups is 4. The topological polar surface area (TPSA) is 107 Å². The Balaban J connectivity index is 1.94. The Bertz CT molecular complexity index is 1040. The highest BCUT2D eigenvalue weighted by Crippen LogP contribution is 2.46. The fourth-order valence-corrected chi connectivity index (χ4v) is 3.68. The highest BCUT2D eigenvalue weighted by molar-refractivity contribution is 6.03. The van der Waals surface area contributed by atoms with Crippen molar-refractivity contribution >= 4 is 5.78 Å². The first-order valence-electron chi connectivity index (χ1n) is 10.2. The van der Waals surface area contributed by atoms with Crippen LogP contribution in [0.5, 0.6) is 28.7 Å². The summed E-state index contributed by atoms with van der Waals surface area (Å²) in [6.45, 7) is 6.11. The van der Waals surface area contributed by atoms with Crippen molar-refractivity contribution in [1.82, 2.24) is 0 Å². The van der Waals surface area contributed by atoms with E-state index in [4.69, 9.17) is 4.74 Å². The van der Waals surface area contributed by atoms with Gasteiger partial charge in [-0.3, -0.25) is 4.79 Å². The van der Waals surface area contributed by atoms with Crippen molar-refractivity contribution in [3.05, 3.63) is 64.3 Å². The number of carbonyl (C=O) groups is 1. The zero-order valence-electron chi connectivity index (χ0n) is 18.0. The molecule has 31 heavy (non-hydrogen) atoms. The second-order valence-electron chi connectivity index (χ2n) is 8.19. The van der Waals surface area contributed by atoms with Gasteiger partial charge in [0.25, 0.3) is 0 Å². The Hall–Kier alpha value is -3.41. The summed E-state index contributed by atoms with van der Waals surface area (Å²) in [6.07, 6.45) is 5.43. The molecule has 6 nitrogen and oxygen atoms in total. The van der Waals surface area contributed by atoms with Crippen LogP contribution < -0.4 is 4.74 Å². The molecule has 0 bridgehead atoms. The lowest BCUT2D eigenvalue weighted by molar-refractivity contribution is 0.0841. The molecule has 0 fully saturated rings. The van der Waals surface area contributed by atoms with Crippen molar-refractivity contribution in [2.24, 2.45) is 0 Å². The van der Waals surface area contributed by atoms with Gasteiger partial charge in [0, 0.05) is 23.3 Å². The van der Waals surface area contributed by atoms with Crippen LogP contribution in [0.3, 0.4) is 0 Å². The average molecular weight is 424 g/mol. The molecular formula is C25H28O6. The molecule has 2 aromatic carbocycles. The molecule has 1 heterocycles. The third kappa shape index (κ3) is 5.20. The number of benzene rings is 2. The van der Waals surface area contributed by atoms with Gasteiger partial charge in [-0.15, -0.1) is 0 Å². The van der Waals surface area contributed by atoms with E-state index < -0.39 is 6.10 Å². The van der Waals surface area contributed by atoms with Crippen LogP contribution in [0.25, 0.3) is 0 Å². The first kappa shape index (κ1) is 22.3. The van der Waals surface area contributed by atoms with Gasteiger partial charge in [0.15, 0.2) is 5.78 Å². The number of ether oxygens (including phenoxy) is 1. The lowest BCUT2D eigenvalue weighted by atomic mass is 9.92. The number of carbonyl (C=O) groups excluding carboxylic acids is 1. The van der Waals surface area contributed by atoms with E-state index in [-0.39, 0.29) is 46.5 Å². The minimum Gasteiger partial charge on any atom is -0.508 e. The third-order valence-corrected chi connectivity index (χ3v) is 5.29. The van der Waals surface area contributed by atoms with Gasteiger partial charge in [-0.25, -0.2) is 0 Å². The van der Waals surface area contributed by atoms with Gasteiger partial charge >= 0.3 is 0 Å². The first-order valence-corrected chi connectivity index (χ1v) is 10.2. The summed E-state index contributed by atoms with van der Waals surface area (Å²) >= 11 is 0. The van der Waals surface area contributed by atoms with E-state index >= 15 is 0 Å². The maximum atomic E-state index is 12.8. The van der Waals surface area contributed by atoms with Gasteiger partial charge < -0.3 is 25.2 Å². The average Bonchev–Trinajstić information content (AvgIpc) is 2.66. The molecule has 0 spiro atoms. The van der Waals surface area contributed by atoms with Gasteiger partial charge in [-0.1, -0.05) is 23.3 Å². The number of phenols is 4. The Labute approximate surface area is 181 Å². The zero-order valence-corrected chi connectivity index (χ0v) is 18.0. The highest BCUT2D eigenvalue weighted by atomic mass is 16.5. The van der Waals surface area contributed by atoms with Crippen molar-refractivity contribution in [3.8, 4) is 28.7 Å². The second-order valence-corrected chi connectivity index (χ2v) is 8.19. The molecule has 0 saturated carbocycles. The van der Waals surface area contributed by atoms with Crippen LogP contribution in [0.2, 0.25) is 0 Å². The maximum Gasteiger partial charge on any atom is 0.174 e. The zero-order chi connectivity index (χ0) is 22.7. The summed E-state index contributed by atoms with van der Waals surface area (Å²) in [7, 11) is 0. The molecule has 0 radical (unpaired) electrons. The quantitative estimate of drug-likeness (QED) is 0.459. The fraction of sp³-hybridized carbons (Fsp3) is 0.320. The van der Waals surface area contributed by atoms with Crippen LogP contribution in [0, 0.1) is 0 Å². The van der Waals surface area contributed by atoms with Crippen LogP contribution in [-0.2, 0) is 6.42 Å². The smallest absolute Gasteiger partial charge is 0.174 e. The molecule has 1 aliphatic heterocycles. The number of hydrogen-bond donors (Lipinski definition) is 4. The molecule has 0 unspecified atom stereocenters. The van der Waals surface area contributed by atoms with Crippen LogP contribution in [0.15, 0.2) is 47.6 Å². The number of fused-ring (bicyclic) bond motifs is 1. The molecule has 4 N–H and O–H groups in total. The van der Waals surface area contributed by atoms with Gasteiger partial charge in [-0.2, -0.15) is 0 Å². The van der Waals surface area contributed by atoms with E-state index in [9.17, 15) is 25.2 Å². The number of phenolic OH excluding ortho intramolecular Hbond substituents is 4. The minimum atomic E-state index is -0.763. The third-order valence-electron chi connectivity index (χ3n) is 5.29. The lowest BCUT2D eigenvalue weighted by Gasteiger charge is -2.28. The van der Waals surface area contributed by atoms with E-state index in [1.807, 2.05) is 13.0 Å². The first-order chi connectivity index (χ1) is 14.7. The SMILES string of the molecule is CC(C)=CCCC(C)=CCc1c(O)cc(O)c2c1O[C@H](c1cc(O)cc(O)c1)CC2=O. The van der Waals surface area contributed by atoms with Gasteiger partial charge in [0.1, 0.15) is 40.4 Å². The molecular weight excluding hydrogens is 396 g/mol. The van der Waals surface area contributed by atoms with Crippen molar-refractivity contribution in [1.29, 1.82) is 0 Å². The molecule has 0 amide bonds. The van der Waals surface area contributed by atoms with E-state index in [0.29, 0.717) is 17.5 Å². The molecule has 2 aromatic rings. The number of ketones is 1. The summed E-state index contributed by atoms with van der Waals surface area (Å²) in [5.74, 6) is -0.983. The Morgan fingerprint density at radius 2 is 1.68 bits per heavy atom. The van der Waals surface area contributed by atoms with E-state index in [2.05, 4.69) is 19.9 Å². The van der Waals surface area contributed by atoms with Gasteiger partial charge in [-0.05, 0) is 52.2 Å². The Morgan fingerprint density at radius 3 is 2.32 bits per heavy atom. The molecule has 1 atom stereocenters. The summed E-state index contributed by atoms with van der Waals surface area (Å²) < 4.78 is 6.03. The van der Waals surface area contributed by atoms with Crippen molar-refractivity contribution < 1.29 is 30.0 Å². The van der Waals surface area contributed by atoms with Crippen LogP contribution in [0.1, 0.15) is 67.6 Å². The van der Waals surface area contributed by atoms with E-state index in [1.165, 1.54) is 29.8 Å². The van der Waals surface area contributed by atoms with Crippen molar-refractivity contribution in [3.63, 3.8) is 0 Å². The number of Topliss-reactive ketones (excluding diaryl/α,β-unsaturated/α-hetero) is 1. The summed E-state index contributed by atoms with van der Waals surface area (Å²) in [5, 5.41) is 40.3. The Kier molecular flexibility index (Phi) is 6.59. The van der Waals surface area contributed by atoms with Crippen LogP contribution >= 0.6 is 0 Å². The largest absolute Gasteiger partial charge is 0.508 e. The van der Waals surface area contributed by atoms with Crippen molar-refractivity contribution in [2.75, 3.05) is 0 Å². The fourth-order valence-electron chi connectivity index (χ4n) is 3.68. The molecule has 0 aliphatic carbocycles. The van der Waals surface area contributed by atoms with E-state index in [1.54, 1.807) is 0 Å². The predicted octanol–water partition coefficient (Wildman–Crippen LogP) is 5.45. The second kappa shape index (κ2) is 9.16. The number of rotatable bonds is 6. The molecule has 3 rings (SSSR count). The molecule has 6 heteroatoms. The summed E-state index contributed by atoms with van der Waals surface area (Å²) in [6, 6.07) is 5.19. The molecule has 1 aliphatic rings. The highest BCUT2D eigenvalue weighted by Gasteiger charge is 2.33. The summed E-state index contributed by atoms with van der Waals surface area (Å²) in [5.41, 5.74) is 3.28. The summed E-state index contributed by atoms with van der Waals surface area (Å²) in [4.78, 5) is 12.8. The molecule has 0 saturated heterocycles. The maximum absolute atomic E-state index is 12.8. The minimum absolute atomic E-state index is 0.0454. The predicted molar refractivity (Wildman–Crippen MR) is 118 cm³/mol. The monoisotopic (exact) mass is 424 g/mol. The van der Waals surface area contributed by atoms with E-state index in [0.717, 1.165) is 18.4 Å².